The van der Waals surface area contributed by atoms with Gasteiger partial charge in [-0.05, 0) is 43.5 Å². The largest absolute Gasteiger partial charge is 0.336 e. The Labute approximate surface area is 169 Å². The molecule has 4 rings (SSSR count). The molecule has 29 heavy (non-hydrogen) atoms. The number of carbonyl (C=O) groups is 2. The van der Waals surface area contributed by atoms with Gasteiger partial charge in [-0.15, -0.1) is 0 Å². The van der Waals surface area contributed by atoms with E-state index in [0.29, 0.717) is 16.8 Å². The maximum absolute atomic E-state index is 12.6. The highest BCUT2D eigenvalue weighted by Gasteiger charge is 2.20. The molecule has 3 aromatic rings. The van der Waals surface area contributed by atoms with E-state index in [9.17, 15) is 9.59 Å². The molecule has 0 radical (unpaired) electrons. The Balaban J connectivity index is 1.43. The summed E-state index contributed by atoms with van der Waals surface area (Å²) in [6.45, 7) is 3.21. The number of carbonyl (C=O) groups excluding carboxylic acids is 2. The van der Waals surface area contributed by atoms with E-state index >= 15 is 0 Å². The van der Waals surface area contributed by atoms with E-state index in [0.717, 1.165) is 37.2 Å². The number of para-hydroxylation sites is 2. The molecule has 1 saturated heterocycles. The Morgan fingerprint density at radius 3 is 2.28 bits per heavy atom. The van der Waals surface area contributed by atoms with Crippen LogP contribution in [0.2, 0.25) is 0 Å². The molecule has 0 bridgehead atoms. The second-order valence-corrected chi connectivity index (χ2v) is 7.15. The number of allylic oxidation sites excluding steroid dienone is 1. The predicted molar refractivity (Wildman–Crippen MR) is 113 cm³/mol. The lowest BCUT2D eigenvalue weighted by atomic mass is 10.1. The van der Waals surface area contributed by atoms with Crippen LogP contribution in [0.15, 0.2) is 60.8 Å². The van der Waals surface area contributed by atoms with Crippen molar-refractivity contribution in [3.63, 3.8) is 0 Å². The number of ketones is 1. The van der Waals surface area contributed by atoms with Crippen LogP contribution in [0.3, 0.4) is 0 Å². The molecule has 0 atom stereocenters. The Morgan fingerprint density at radius 1 is 0.897 bits per heavy atom. The van der Waals surface area contributed by atoms with Crippen molar-refractivity contribution in [2.24, 2.45) is 0 Å². The SMILES string of the molecule is CN1CCN(C(=O)c2ccc(C(=O)C=Cc3cnc4ccccc4n3)cc2)CC1. The summed E-state index contributed by atoms with van der Waals surface area (Å²) >= 11 is 0. The minimum atomic E-state index is -0.140. The zero-order valence-electron chi connectivity index (χ0n) is 16.3. The zero-order chi connectivity index (χ0) is 20.2. The highest BCUT2D eigenvalue weighted by molar-refractivity contribution is 6.07. The normalized spacial score (nSPS) is 15.1. The lowest BCUT2D eigenvalue weighted by molar-refractivity contribution is 0.0664. The van der Waals surface area contributed by atoms with Gasteiger partial charge in [0.1, 0.15) is 0 Å². The molecule has 6 heteroatoms. The quantitative estimate of drug-likeness (QED) is 0.510. The van der Waals surface area contributed by atoms with E-state index in [1.54, 1.807) is 36.5 Å². The molecular formula is C23H22N4O2. The predicted octanol–water partition coefficient (Wildman–Crippen LogP) is 2.91. The Kier molecular flexibility index (Phi) is 5.44. The van der Waals surface area contributed by atoms with Gasteiger partial charge >= 0.3 is 0 Å². The third kappa shape index (κ3) is 4.38. The van der Waals surface area contributed by atoms with E-state index in [-0.39, 0.29) is 11.7 Å². The molecule has 146 valence electrons. The summed E-state index contributed by atoms with van der Waals surface area (Å²) in [5.41, 5.74) is 3.37. The molecule has 1 aliphatic rings. The lowest BCUT2D eigenvalue weighted by Crippen LogP contribution is -2.47. The van der Waals surface area contributed by atoms with Crippen LogP contribution in [0.25, 0.3) is 17.1 Å². The molecule has 0 spiro atoms. The van der Waals surface area contributed by atoms with Gasteiger partial charge in [0.15, 0.2) is 5.78 Å². The van der Waals surface area contributed by atoms with Crippen molar-refractivity contribution in [3.05, 3.63) is 77.6 Å². The van der Waals surface area contributed by atoms with Crippen LogP contribution in [-0.4, -0.2) is 64.7 Å². The van der Waals surface area contributed by atoms with E-state index in [2.05, 4.69) is 21.9 Å². The van der Waals surface area contributed by atoms with Crippen LogP contribution < -0.4 is 0 Å². The average molecular weight is 386 g/mol. The minimum Gasteiger partial charge on any atom is -0.336 e. The Hall–Kier alpha value is -3.38. The molecule has 6 nitrogen and oxygen atoms in total. The van der Waals surface area contributed by atoms with Gasteiger partial charge < -0.3 is 9.80 Å². The minimum absolute atomic E-state index is 0.0130. The molecule has 1 fully saturated rings. The third-order valence-corrected chi connectivity index (χ3v) is 5.08. The van der Waals surface area contributed by atoms with Crippen LogP contribution in [0.1, 0.15) is 26.4 Å². The maximum atomic E-state index is 12.6. The van der Waals surface area contributed by atoms with Gasteiger partial charge in [-0.1, -0.05) is 24.3 Å². The van der Waals surface area contributed by atoms with Gasteiger partial charge in [0.05, 0.1) is 22.9 Å². The molecule has 2 heterocycles. The van der Waals surface area contributed by atoms with Gasteiger partial charge in [0.2, 0.25) is 0 Å². The van der Waals surface area contributed by atoms with E-state index < -0.39 is 0 Å². The second kappa shape index (κ2) is 8.32. The molecule has 0 aliphatic carbocycles. The summed E-state index contributed by atoms with van der Waals surface area (Å²) < 4.78 is 0. The van der Waals surface area contributed by atoms with Crippen molar-refractivity contribution in [2.75, 3.05) is 33.2 Å². The van der Waals surface area contributed by atoms with Crippen LogP contribution in [-0.2, 0) is 0 Å². The van der Waals surface area contributed by atoms with Crippen molar-refractivity contribution in [1.82, 2.24) is 19.8 Å². The van der Waals surface area contributed by atoms with Gasteiger partial charge in [0, 0.05) is 37.3 Å². The fourth-order valence-electron chi connectivity index (χ4n) is 3.28. The molecule has 1 aromatic heterocycles. The molecular weight excluding hydrogens is 364 g/mol. The first-order valence-electron chi connectivity index (χ1n) is 9.62. The number of aromatic nitrogens is 2. The number of nitrogens with zero attached hydrogens (tertiary/aromatic N) is 4. The average Bonchev–Trinajstić information content (AvgIpc) is 2.77. The fourth-order valence-corrected chi connectivity index (χ4v) is 3.28. The highest BCUT2D eigenvalue weighted by atomic mass is 16.2. The maximum Gasteiger partial charge on any atom is 0.253 e. The number of hydrogen-bond donors (Lipinski definition) is 0. The highest BCUT2D eigenvalue weighted by Crippen LogP contribution is 2.12. The van der Waals surface area contributed by atoms with Crippen molar-refractivity contribution in [2.45, 2.75) is 0 Å². The smallest absolute Gasteiger partial charge is 0.253 e. The van der Waals surface area contributed by atoms with Crippen molar-refractivity contribution < 1.29 is 9.59 Å². The number of amides is 1. The second-order valence-electron chi connectivity index (χ2n) is 7.15. The van der Waals surface area contributed by atoms with Gasteiger partial charge in [0.25, 0.3) is 5.91 Å². The fraction of sp³-hybridized carbons (Fsp3) is 0.217. The summed E-state index contributed by atoms with van der Waals surface area (Å²) in [6.07, 6.45) is 4.78. The number of fused-ring (bicyclic) bond motifs is 1. The van der Waals surface area contributed by atoms with Gasteiger partial charge in [-0.3, -0.25) is 14.6 Å². The van der Waals surface area contributed by atoms with E-state index in [1.807, 2.05) is 29.2 Å². The van der Waals surface area contributed by atoms with Gasteiger partial charge in [-0.25, -0.2) is 4.98 Å². The van der Waals surface area contributed by atoms with Crippen LogP contribution >= 0.6 is 0 Å². The summed E-state index contributed by atoms with van der Waals surface area (Å²) in [6, 6.07) is 14.4. The standard InChI is InChI=1S/C23H22N4O2/c1-26-12-14-27(15-13-26)23(29)18-8-6-17(7-9-18)22(28)11-10-19-16-24-20-4-2-3-5-21(20)25-19/h2-11,16H,12-15H2,1H3. The molecule has 1 amide bonds. The molecule has 0 saturated carbocycles. The van der Waals surface area contributed by atoms with E-state index in [1.165, 1.54) is 6.08 Å². The van der Waals surface area contributed by atoms with E-state index in [4.69, 9.17) is 0 Å². The van der Waals surface area contributed by atoms with Crippen molar-refractivity contribution in [1.29, 1.82) is 0 Å². The topological polar surface area (TPSA) is 66.4 Å². The van der Waals surface area contributed by atoms with Crippen LogP contribution in [0.5, 0.6) is 0 Å². The number of piperazine rings is 1. The van der Waals surface area contributed by atoms with Crippen LogP contribution in [0.4, 0.5) is 0 Å². The summed E-state index contributed by atoms with van der Waals surface area (Å²) in [7, 11) is 2.05. The van der Waals surface area contributed by atoms with Crippen LogP contribution in [0, 0.1) is 0 Å². The van der Waals surface area contributed by atoms with Crippen molar-refractivity contribution >= 4 is 28.8 Å². The first-order chi connectivity index (χ1) is 14.1. The van der Waals surface area contributed by atoms with Gasteiger partial charge in [-0.2, -0.15) is 0 Å². The Bertz CT molecular complexity index is 1070. The Morgan fingerprint density at radius 2 is 1.55 bits per heavy atom. The molecule has 2 aromatic carbocycles. The first kappa shape index (κ1) is 19.0. The van der Waals surface area contributed by atoms with Crippen molar-refractivity contribution in [3.8, 4) is 0 Å². The monoisotopic (exact) mass is 386 g/mol. The molecule has 1 aliphatic heterocycles. The summed E-state index contributed by atoms with van der Waals surface area (Å²) in [5, 5.41) is 0. The summed E-state index contributed by atoms with van der Waals surface area (Å²) in [5.74, 6) is -0.127. The number of rotatable bonds is 4. The number of hydrogen-bond acceptors (Lipinski definition) is 5. The first-order valence-corrected chi connectivity index (χ1v) is 9.62. The lowest BCUT2D eigenvalue weighted by Gasteiger charge is -2.32. The number of likely N-dealkylation sites (N-methyl/N-ethyl adjacent to an activating group) is 1. The number of benzene rings is 2. The zero-order valence-corrected chi connectivity index (χ0v) is 16.3. The molecule has 0 N–H and O–H groups in total. The molecule has 0 unspecified atom stereocenters. The summed E-state index contributed by atoms with van der Waals surface area (Å²) in [4.78, 5) is 37.9. The third-order valence-electron chi connectivity index (χ3n) is 5.08.